The van der Waals surface area contributed by atoms with Crippen molar-refractivity contribution in [2.24, 2.45) is 0 Å². The van der Waals surface area contributed by atoms with Gasteiger partial charge in [-0.25, -0.2) is 0 Å². The zero-order valence-electron chi connectivity index (χ0n) is 8.63. The van der Waals surface area contributed by atoms with Crippen LogP contribution in [-0.2, 0) is 0 Å². The number of halogens is 1. The van der Waals surface area contributed by atoms with Crippen LogP contribution in [0.3, 0.4) is 0 Å². The fourth-order valence-electron chi connectivity index (χ4n) is 1.72. The molecule has 0 aromatic rings. The van der Waals surface area contributed by atoms with Gasteiger partial charge in [0.2, 0.25) is 0 Å². The van der Waals surface area contributed by atoms with E-state index in [1.54, 1.807) is 0 Å². The molecule has 0 amide bonds. The first-order valence-electron chi connectivity index (χ1n) is 5.17. The molecule has 0 spiro atoms. The molecule has 0 radical (unpaired) electrons. The third-order valence-electron chi connectivity index (χ3n) is 2.84. The Morgan fingerprint density at radius 3 is 2.85 bits per heavy atom. The summed E-state index contributed by atoms with van der Waals surface area (Å²) in [4.78, 5) is 2.64. The minimum Gasteiger partial charge on any atom is -0.299 e. The first kappa shape index (κ1) is 11.9. The summed E-state index contributed by atoms with van der Waals surface area (Å²) in [7, 11) is 0. The molecule has 0 bridgehead atoms. The van der Waals surface area contributed by atoms with Crippen LogP contribution in [0.15, 0.2) is 0 Å². The van der Waals surface area contributed by atoms with Crippen LogP contribution in [0.1, 0.15) is 26.7 Å². The zero-order valence-corrected chi connectivity index (χ0v) is 11.0. The monoisotopic (exact) mass is 265 g/mol. The number of alkyl halides is 1. The lowest BCUT2D eigenvalue weighted by molar-refractivity contribution is 0.210. The molecular formula is C10H20BrNS. The number of unbranched alkanes of at least 4 members (excludes halogenated alkanes) is 1. The highest BCUT2D eigenvalue weighted by Crippen LogP contribution is 2.24. The van der Waals surface area contributed by atoms with Gasteiger partial charge in [0.1, 0.15) is 0 Å². The Hall–Kier alpha value is 0.790. The van der Waals surface area contributed by atoms with Crippen LogP contribution < -0.4 is 0 Å². The topological polar surface area (TPSA) is 3.24 Å². The van der Waals surface area contributed by atoms with Crippen LogP contribution >= 0.6 is 27.7 Å². The second-order valence-corrected chi connectivity index (χ2v) is 6.03. The molecule has 2 atom stereocenters. The Kier molecular flexibility index (Phi) is 5.75. The van der Waals surface area contributed by atoms with Crippen molar-refractivity contribution in [2.45, 2.75) is 38.0 Å². The third kappa shape index (κ3) is 3.80. The van der Waals surface area contributed by atoms with Crippen molar-refractivity contribution in [3.8, 4) is 0 Å². The molecule has 0 N–H and O–H groups in total. The van der Waals surface area contributed by atoms with E-state index in [-0.39, 0.29) is 0 Å². The summed E-state index contributed by atoms with van der Waals surface area (Å²) in [5.41, 5.74) is 0. The number of rotatable bonds is 4. The largest absolute Gasteiger partial charge is 0.299 e. The van der Waals surface area contributed by atoms with Crippen molar-refractivity contribution >= 4 is 27.7 Å². The van der Waals surface area contributed by atoms with Gasteiger partial charge >= 0.3 is 0 Å². The summed E-state index contributed by atoms with van der Waals surface area (Å²) in [5, 5.41) is 1.97. The molecule has 0 saturated carbocycles. The zero-order chi connectivity index (χ0) is 9.68. The summed E-state index contributed by atoms with van der Waals surface area (Å²) in [5.74, 6) is 1.32. The van der Waals surface area contributed by atoms with E-state index in [1.807, 2.05) is 0 Å². The van der Waals surface area contributed by atoms with Crippen molar-refractivity contribution in [1.29, 1.82) is 0 Å². The Morgan fingerprint density at radius 1 is 1.38 bits per heavy atom. The lowest BCUT2D eigenvalue weighted by atomic mass is 10.2. The van der Waals surface area contributed by atoms with Gasteiger partial charge in [-0.05, 0) is 26.3 Å². The van der Waals surface area contributed by atoms with Gasteiger partial charge in [-0.3, -0.25) is 4.90 Å². The van der Waals surface area contributed by atoms with E-state index >= 15 is 0 Å². The highest BCUT2D eigenvalue weighted by molar-refractivity contribution is 9.09. The molecule has 13 heavy (non-hydrogen) atoms. The van der Waals surface area contributed by atoms with Crippen LogP contribution in [-0.4, -0.2) is 40.4 Å². The highest BCUT2D eigenvalue weighted by Gasteiger charge is 2.24. The summed E-state index contributed by atoms with van der Waals surface area (Å²) in [6, 6.07) is 0.772. The van der Waals surface area contributed by atoms with Crippen molar-refractivity contribution < 1.29 is 0 Å². The van der Waals surface area contributed by atoms with Gasteiger partial charge in [0, 0.05) is 28.9 Å². The number of nitrogens with zero attached hydrogens (tertiary/aromatic N) is 1. The Balaban J connectivity index is 2.23. The lowest BCUT2D eigenvalue weighted by Gasteiger charge is -2.37. The van der Waals surface area contributed by atoms with Crippen LogP contribution in [0, 0.1) is 0 Å². The van der Waals surface area contributed by atoms with Gasteiger partial charge in [0.25, 0.3) is 0 Å². The third-order valence-corrected chi connectivity index (χ3v) is 4.74. The maximum atomic E-state index is 3.48. The fourth-order valence-corrected chi connectivity index (χ4v) is 3.28. The van der Waals surface area contributed by atoms with Crippen LogP contribution in [0.5, 0.6) is 0 Å². The van der Waals surface area contributed by atoms with E-state index < -0.39 is 0 Å². The molecule has 3 heteroatoms. The normalized spacial score (nSPS) is 30.7. The van der Waals surface area contributed by atoms with E-state index in [1.165, 1.54) is 31.7 Å². The molecule has 1 nitrogen and oxygen atoms in total. The summed E-state index contributed by atoms with van der Waals surface area (Å²) < 4.78 is 0. The molecule has 1 aliphatic heterocycles. The number of hydrogen-bond donors (Lipinski definition) is 0. The predicted octanol–water partition coefficient (Wildman–Crippen LogP) is 2.99. The van der Waals surface area contributed by atoms with E-state index in [0.717, 1.165) is 16.6 Å². The van der Waals surface area contributed by atoms with Gasteiger partial charge in [0.15, 0.2) is 0 Å². The molecule has 1 rings (SSSR count). The Labute approximate surface area is 94.8 Å². The first-order valence-corrected chi connectivity index (χ1v) is 7.34. The van der Waals surface area contributed by atoms with Gasteiger partial charge in [-0.2, -0.15) is 11.8 Å². The van der Waals surface area contributed by atoms with Gasteiger partial charge in [0.05, 0.1) is 0 Å². The summed E-state index contributed by atoms with van der Waals surface area (Å²) in [6.07, 6.45) is 2.65. The minimum absolute atomic E-state index is 0.772. The molecule has 1 saturated heterocycles. The van der Waals surface area contributed by atoms with Crippen molar-refractivity contribution in [2.75, 3.05) is 24.2 Å². The van der Waals surface area contributed by atoms with E-state index in [0.29, 0.717) is 0 Å². The fraction of sp³-hybridized carbons (Fsp3) is 1.00. The second kappa shape index (κ2) is 6.31. The Morgan fingerprint density at radius 2 is 2.15 bits per heavy atom. The van der Waals surface area contributed by atoms with Crippen LogP contribution in [0.4, 0.5) is 0 Å². The predicted molar refractivity (Wildman–Crippen MR) is 66.0 cm³/mol. The minimum atomic E-state index is 0.772. The van der Waals surface area contributed by atoms with E-state index in [4.69, 9.17) is 0 Å². The molecule has 0 aromatic carbocycles. The average molecular weight is 266 g/mol. The van der Waals surface area contributed by atoms with Crippen molar-refractivity contribution in [1.82, 2.24) is 4.90 Å². The molecule has 1 fully saturated rings. The smallest absolute Gasteiger partial charge is 0.0184 e. The van der Waals surface area contributed by atoms with Crippen LogP contribution in [0.25, 0.3) is 0 Å². The van der Waals surface area contributed by atoms with Crippen molar-refractivity contribution in [3.05, 3.63) is 0 Å². The molecule has 1 aliphatic rings. The SMILES string of the molecule is CC1SCCN(CCCCBr)C1C. The molecule has 1 heterocycles. The molecule has 2 unspecified atom stereocenters. The lowest BCUT2D eigenvalue weighted by Crippen LogP contribution is -2.44. The highest BCUT2D eigenvalue weighted by atomic mass is 79.9. The summed E-state index contributed by atoms with van der Waals surface area (Å²) >= 11 is 5.60. The molecule has 0 aromatic heterocycles. The maximum Gasteiger partial charge on any atom is 0.0184 e. The van der Waals surface area contributed by atoms with Crippen LogP contribution in [0.2, 0.25) is 0 Å². The molecule has 78 valence electrons. The Bertz CT molecular complexity index is 143. The van der Waals surface area contributed by atoms with Gasteiger partial charge in [-0.1, -0.05) is 22.9 Å². The second-order valence-electron chi connectivity index (χ2n) is 3.75. The summed E-state index contributed by atoms with van der Waals surface area (Å²) in [6.45, 7) is 7.30. The average Bonchev–Trinajstić information content (AvgIpc) is 2.13. The maximum absolute atomic E-state index is 3.48. The van der Waals surface area contributed by atoms with Gasteiger partial charge in [-0.15, -0.1) is 0 Å². The molecular weight excluding hydrogens is 246 g/mol. The van der Waals surface area contributed by atoms with E-state index in [2.05, 4.69) is 46.4 Å². The first-order chi connectivity index (χ1) is 6.25. The molecule has 0 aliphatic carbocycles. The number of hydrogen-bond acceptors (Lipinski definition) is 2. The van der Waals surface area contributed by atoms with Crippen molar-refractivity contribution in [3.63, 3.8) is 0 Å². The van der Waals surface area contributed by atoms with E-state index in [9.17, 15) is 0 Å². The number of thioether (sulfide) groups is 1. The quantitative estimate of drug-likeness (QED) is 0.568. The van der Waals surface area contributed by atoms with Gasteiger partial charge < -0.3 is 0 Å². The standard InChI is InChI=1S/C10H20BrNS/c1-9-10(2)13-8-7-12(9)6-4-3-5-11/h9-10H,3-8H2,1-2H3.